The molecule has 1 unspecified atom stereocenters. The zero-order valence-electron chi connectivity index (χ0n) is 15.5. The van der Waals surface area contributed by atoms with Crippen LogP contribution < -0.4 is 0 Å². The van der Waals surface area contributed by atoms with E-state index in [-0.39, 0.29) is 0 Å². The van der Waals surface area contributed by atoms with Gasteiger partial charge in [-0.25, -0.2) is 9.78 Å². The third-order valence-corrected chi connectivity index (χ3v) is 5.59. The van der Waals surface area contributed by atoms with Crippen LogP contribution in [-0.4, -0.2) is 20.6 Å². The number of carbonyl (C=O) groups is 1. The minimum absolute atomic E-state index is 0.397. The standard InChI is InChI=1S/C22H23IN2O2/c1-15(2)12-19-21(16-8-4-3-5-9-16)24-14-25(19)20(22(26)27)13-17-10-6-7-11-18(17)23/h3-11,14-15,20H,12-13H2,1-2H3,(H,26,27). The fourth-order valence-electron chi connectivity index (χ4n) is 3.26. The lowest BCUT2D eigenvalue weighted by Crippen LogP contribution is -2.23. The molecule has 0 radical (unpaired) electrons. The minimum atomic E-state index is -0.836. The zero-order valence-corrected chi connectivity index (χ0v) is 17.6. The highest BCUT2D eigenvalue weighted by molar-refractivity contribution is 14.1. The third-order valence-electron chi connectivity index (χ3n) is 4.54. The van der Waals surface area contributed by atoms with Crippen molar-refractivity contribution >= 4 is 28.6 Å². The average molecular weight is 474 g/mol. The largest absolute Gasteiger partial charge is 0.480 e. The predicted molar refractivity (Wildman–Crippen MR) is 116 cm³/mol. The lowest BCUT2D eigenvalue weighted by molar-refractivity contribution is -0.140. The van der Waals surface area contributed by atoms with E-state index < -0.39 is 12.0 Å². The van der Waals surface area contributed by atoms with Crippen LogP contribution in [0.25, 0.3) is 11.3 Å². The normalized spacial score (nSPS) is 12.3. The van der Waals surface area contributed by atoms with Crippen LogP contribution in [0.1, 0.15) is 31.1 Å². The van der Waals surface area contributed by atoms with Gasteiger partial charge < -0.3 is 9.67 Å². The highest BCUT2D eigenvalue weighted by Crippen LogP contribution is 2.29. The number of nitrogens with zero attached hydrogens (tertiary/aromatic N) is 2. The lowest BCUT2D eigenvalue weighted by Gasteiger charge is -2.19. The Hall–Kier alpha value is -2.15. The van der Waals surface area contributed by atoms with Gasteiger partial charge in [0.1, 0.15) is 6.04 Å². The Morgan fingerprint density at radius 3 is 2.37 bits per heavy atom. The molecule has 27 heavy (non-hydrogen) atoms. The number of aliphatic carboxylic acids is 1. The summed E-state index contributed by atoms with van der Waals surface area (Å²) in [4.78, 5) is 16.8. The maximum atomic E-state index is 12.1. The quantitative estimate of drug-likeness (QED) is 0.478. The molecule has 1 aromatic heterocycles. The second kappa shape index (κ2) is 8.69. The Balaban J connectivity index is 2.06. The van der Waals surface area contributed by atoms with Gasteiger partial charge in [0, 0.05) is 21.2 Å². The summed E-state index contributed by atoms with van der Waals surface area (Å²) in [5.74, 6) is -0.439. The molecule has 0 fully saturated rings. The van der Waals surface area contributed by atoms with Crippen molar-refractivity contribution in [3.8, 4) is 11.3 Å². The number of aromatic nitrogens is 2. The molecule has 1 N–H and O–H groups in total. The van der Waals surface area contributed by atoms with Gasteiger partial charge in [-0.2, -0.15) is 0 Å². The van der Waals surface area contributed by atoms with Crippen LogP contribution in [0.15, 0.2) is 60.9 Å². The number of hydrogen-bond acceptors (Lipinski definition) is 2. The molecule has 0 saturated heterocycles. The molecule has 140 valence electrons. The molecule has 4 nitrogen and oxygen atoms in total. The zero-order chi connectivity index (χ0) is 19.4. The van der Waals surface area contributed by atoms with Crippen LogP contribution in [0.2, 0.25) is 0 Å². The van der Waals surface area contributed by atoms with Crippen molar-refractivity contribution in [3.63, 3.8) is 0 Å². The lowest BCUT2D eigenvalue weighted by atomic mass is 10.0. The van der Waals surface area contributed by atoms with Gasteiger partial charge in [-0.15, -0.1) is 0 Å². The van der Waals surface area contributed by atoms with E-state index in [4.69, 9.17) is 0 Å². The number of imidazole rings is 1. The van der Waals surface area contributed by atoms with Crippen molar-refractivity contribution in [3.05, 3.63) is 75.8 Å². The number of carboxylic acid groups (broad SMARTS) is 1. The van der Waals surface area contributed by atoms with E-state index in [9.17, 15) is 9.90 Å². The summed E-state index contributed by atoms with van der Waals surface area (Å²) >= 11 is 2.26. The SMILES string of the molecule is CC(C)Cc1c(-c2ccccc2)ncn1C(Cc1ccccc1I)C(=O)O. The number of carboxylic acids is 1. The fraction of sp³-hybridized carbons (Fsp3) is 0.273. The van der Waals surface area contributed by atoms with E-state index in [2.05, 4.69) is 41.4 Å². The van der Waals surface area contributed by atoms with E-state index in [1.54, 1.807) is 6.33 Å². The Bertz CT molecular complexity index is 919. The van der Waals surface area contributed by atoms with Crippen molar-refractivity contribution in [1.82, 2.24) is 9.55 Å². The van der Waals surface area contributed by atoms with Crippen molar-refractivity contribution in [2.75, 3.05) is 0 Å². The summed E-state index contributed by atoms with van der Waals surface area (Å²) < 4.78 is 2.93. The van der Waals surface area contributed by atoms with Gasteiger partial charge in [0.05, 0.1) is 12.0 Å². The highest BCUT2D eigenvalue weighted by Gasteiger charge is 2.26. The van der Waals surface area contributed by atoms with Gasteiger partial charge >= 0.3 is 5.97 Å². The van der Waals surface area contributed by atoms with Gasteiger partial charge in [0.15, 0.2) is 0 Å². The molecular weight excluding hydrogens is 451 g/mol. The van der Waals surface area contributed by atoms with E-state index in [1.807, 2.05) is 59.2 Å². The second-order valence-electron chi connectivity index (χ2n) is 7.06. The topological polar surface area (TPSA) is 55.1 Å². The molecular formula is C22H23IN2O2. The maximum Gasteiger partial charge on any atom is 0.327 e. The summed E-state index contributed by atoms with van der Waals surface area (Å²) in [5.41, 5.74) is 3.91. The second-order valence-corrected chi connectivity index (χ2v) is 8.22. The predicted octanol–water partition coefficient (Wildman–Crippen LogP) is 5.22. The fourth-order valence-corrected chi connectivity index (χ4v) is 3.87. The Morgan fingerprint density at radius 2 is 1.74 bits per heavy atom. The molecule has 0 aliphatic heterocycles. The molecule has 1 atom stereocenters. The summed E-state index contributed by atoms with van der Waals surface area (Å²) in [6.07, 6.45) is 2.90. The van der Waals surface area contributed by atoms with E-state index in [0.717, 1.165) is 32.5 Å². The summed E-state index contributed by atoms with van der Waals surface area (Å²) in [6.45, 7) is 4.28. The Labute approximate surface area is 173 Å². The molecule has 0 aliphatic rings. The first-order valence-corrected chi connectivity index (χ1v) is 10.1. The van der Waals surface area contributed by atoms with E-state index in [1.165, 1.54) is 0 Å². The van der Waals surface area contributed by atoms with Crippen molar-refractivity contribution in [1.29, 1.82) is 0 Å². The number of rotatable bonds is 7. The molecule has 3 aromatic rings. The molecule has 3 rings (SSSR count). The van der Waals surface area contributed by atoms with Crippen LogP contribution in [-0.2, 0) is 17.6 Å². The first-order chi connectivity index (χ1) is 13.0. The van der Waals surface area contributed by atoms with Gasteiger partial charge in [-0.1, -0.05) is 62.4 Å². The maximum absolute atomic E-state index is 12.1. The first kappa shape index (κ1) is 19.6. The Morgan fingerprint density at radius 1 is 1.07 bits per heavy atom. The smallest absolute Gasteiger partial charge is 0.327 e. The van der Waals surface area contributed by atoms with Crippen LogP contribution in [0, 0.1) is 9.49 Å². The van der Waals surface area contributed by atoms with Gasteiger partial charge in [0.2, 0.25) is 0 Å². The third kappa shape index (κ3) is 4.58. The van der Waals surface area contributed by atoms with Crippen LogP contribution in [0.3, 0.4) is 0 Å². The summed E-state index contributed by atoms with van der Waals surface area (Å²) in [5, 5.41) is 9.97. The van der Waals surface area contributed by atoms with E-state index in [0.29, 0.717) is 12.3 Å². The molecule has 1 heterocycles. The molecule has 0 spiro atoms. The number of hydrogen-bond donors (Lipinski definition) is 1. The van der Waals surface area contributed by atoms with Crippen molar-refractivity contribution in [2.24, 2.45) is 5.92 Å². The van der Waals surface area contributed by atoms with Crippen LogP contribution >= 0.6 is 22.6 Å². The monoisotopic (exact) mass is 474 g/mol. The number of benzene rings is 2. The van der Waals surface area contributed by atoms with Crippen molar-refractivity contribution < 1.29 is 9.90 Å². The summed E-state index contributed by atoms with van der Waals surface area (Å²) in [7, 11) is 0. The molecule has 0 saturated carbocycles. The first-order valence-electron chi connectivity index (χ1n) is 9.04. The van der Waals surface area contributed by atoms with Gasteiger partial charge in [-0.05, 0) is 46.6 Å². The Kier molecular flexibility index (Phi) is 6.31. The highest BCUT2D eigenvalue weighted by atomic mass is 127. The van der Waals surface area contributed by atoms with Gasteiger partial charge in [0.25, 0.3) is 0 Å². The van der Waals surface area contributed by atoms with E-state index >= 15 is 0 Å². The van der Waals surface area contributed by atoms with Gasteiger partial charge in [-0.3, -0.25) is 0 Å². The van der Waals surface area contributed by atoms with Crippen LogP contribution in [0.4, 0.5) is 0 Å². The molecule has 2 aromatic carbocycles. The average Bonchev–Trinajstić information content (AvgIpc) is 3.04. The molecule has 0 aliphatic carbocycles. The summed E-state index contributed by atoms with van der Waals surface area (Å²) in [6, 6.07) is 17.2. The minimum Gasteiger partial charge on any atom is -0.480 e. The molecule has 0 amide bonds. The van der Waals surface area contributed by atoms with Crippen molar-refractivity contribution in [2.45, 2.75) is 32.7 Å². The van der Waals surface area contributed by atoms with Crippen LogP contribution in [0.5, 0.6) is 0 Å². The molecule has 0 bridgehead atoms. The molecule has 5 heteroatoms. The number of halogens is 1.